The molecule has 54 heavy (non-hydrogen) atoms. The second-order valence-corrected chi connectivity index (χ2v) is 15.8. The molecule has 13 heteroatoms. The summed E-state index contributed by atoms with van der Waals surface area (Å²) >= 11 is 0. The molecule has 13 nitrogen and oxygen atoms in total. The number of rotatable bonds is 13. The summed E-state index contributed by atoms with van der Waals surface area (Å²) in [6.07, 6.45) is 7.86. The van der Waals surface area contributed by atoms with Crippen LogP contribution in [0.5, 0.6) is 0 Å². The van der Waals surface area contributed by atoms with E-state index in [2.05, 4.69) is 39.2 Å². The Kier molecular flexibility index (Phi) is 10.6. The molecule has 0 bridgehead atoms. The molecule has 286 valence electrons. The van der Waals surface area contributed by atoms with Crippen LogP contribution < -0.4 is 0 Å². The van der Waals surface area contributed by atoms with Gasteiger partial charge >= 0.3 is 5.97 Å². The molecule has 3 aromatic heterocycles. The summed E-state index contributed by atoms with van der Waals surface area (Å²) in [7, 11) is 1.35. The van der Waals surface area contributed by atoms with Gasteiger partial charge in [-0.05, 0) is 67.4 Å². The van der Waals surface area contributed by atoms with E-state index in [4.69, 9.17) is 14.7 Å². The van der Waals surface area contributed by atoms with E-state index in [1.807, 2.05) is 43.7 Å². The minimum Gasteiger partial charge on any atom is -0.469 e. The average molecular weight is 738 g/mol. The summed E-state index contributed by atoms with van der Waals surface area (Å²) < 4.78 is 4.87. The Balaban J connectivity index is 1.03. The minimum absolute atomic E-state index is 0.000188. The number of amides is 2. The molecule has 0 aliphatic carbocycles. The number of aliphatic hydroxyl groups excluding tert-OH is 1. The molecule has 2 amide bonds. The summed E-state index contributed by atoms with van der Waals surface area (Å²) in [5.41, 5.74) is 6.71. The van der Waals surface area contributed by atoms with Crippen LogP contribution in [0.4, 0.5) is 0 Å². The number of hydrogen-bond donors (Lipinski definition) is 4. The number of aromatic amines is 3. The molecular weight excluding hydrogens is 686 g/mol. The van der Waals surface area contributed by atoms with E-state index in [1.165, 1.54) is 7.11 Å². The van der Waals surface area contributed by atoms with Crippen molar-refractivity contribution in [2.45, 2.75) is 84.7 Å². The first-order chi connectivity index (χ1) is 25.9. The van der Waals surface area contributed by atoms with E-state index in [0.717, 1.165) is 81.7 Å². The SMILES string of the molecule is COC(=O)CC(C(=O)N1CCCC1c1ncc(-c2cc3cc4cc(C5=CN=C(C6CCCN6C(=O)C(CC(=O)CO)C(C)C)C5)[nH]c4cc3[nH]2)[nH]1)C(C)C. The van der Waals surface area contributed by atoms with E-state index >= 15 is 0 Å². The number of nitrogens with zero attached hydrogens (tertiary/aromatic N) is 4. The number of benzene rings is 1. The lowest BCUT2D eigenvalue weighted by molar-refractivity contribution is -0.148. The monoisotopic (exact) mass is 737 g/mol. The number of ketones is 1. The van der Waals surface area contributed by atoms with Gasteiger partial charge in [-0.3, -0.25) is 24.2 Å². The number of likely N-dealkylation sites (tertiary alicyclic amines) is 2. The van der Waals surface area contributed by atoms with Crippen LogP contribution in [0.25, 0.3) is 38.8 Å². The molecule has 7 rings (SSSR count). The first kappa shape index (κ1) is 37.3. The number of Topliss-reactive ketones (excluding diaryl/α,β-unsaturated/α-hetero) is 1. The predicted molar refractivity (Wildman–Crippen MR) is 206 cm³/mol. The van der Waals surface area contributed by atoms with Crippen LogP contribution in [0.1, 0.15) is 90.2 Å². The van der Waals surface area contributed by atoms with Crippen LogP contribution in [-0.4, -0.2) is 97.0 Å². The third kappa shape index (κ3) is 7.25. The predicted octanol–water partition coefficient (Wildman–Crippen LogP) is 5.94. The number of fused-ring (bicyclic) bond motifs is 2. The highest BCUT2D eigenvalue weighted by molar-refractivity contribution is 6.05. The maximum absolute atomic E-state index is 13.6. The molecule has 0 saturated carbocycles. The highest BCUT2D eigenvalue weighted by atomic mass is 16.5. The molecule has 6 heterocycles. The Labute approximate surface area is 314 Å². The fourth-order valence-corrected chi connectivity index (χ4v) is 8.45. The van der Waals surface area contributed by atoms with Gasteiger partial charge in [0.25, 0.3) is 0 Å². The van der Waals surface area contributed by atoms with Gasteiger partial charge < -0.3 is 34.6 Å². The largest absolute Gasteiger partial charge is 0.469 e. The number of nitrogens with one attached hydrogen (secondary N) is 3. The highest BCUT2D eigenvalue weighted by Crippen LogP contribution is 2.37. The standard InChI is InChI=1S/C41H51N7O6/c1-22(2)28(16-27(50)21-49)40(52)47-10-6-8-36(47)34-15-26(19-42-34)30-13-24-12-25-14-33(45-32(25)18-31(24)44-30)35-20-43-39(46-35)37-9-7-11-48(37)41(53)29(23(3)4)17-38(51)54-5/h12-14,18-20,22-23,28-29,36-37,44-45,49H,6-11,15-17,21H2,1-5H3,(H,43,46). The molecule has 4 N–H and O–H groups in total. The molecule has 3 aliphatic rings. The second kappa shape index (κ2) is 15.4. The summed E-state index contributed by atoms with van der Waals surface area (Å²) in [6, 6.07) is 8.22. The fourth-order valence-electron chi connectivity index (χ4n) is 8.45. The maximum Gasteiger partial charge on any atom is 0.306 e. The van der Waals surface area contributed by atoms with Crippen LogP contribution in [0.2, 0.25) is 0 Å². The molecule has 3 aliphatic heterocycles. The van der Waals surface area contributed by atoms with Crippen molar-refractivity contribution in [3.05, 3.63) is 48.2 Å². The Morgan fingerprint density at radius 2 is 1.43 bits per heavy atom. The summed E-state index contributed by atoms with van der Waals surface area (Å²) in [5, 5.41) is 11.4. The number of hydrogen-bond acceptors (Lipinski definition) is 8. The smallest absolute Gasteiger partial charge is 0.306 e. The van der Waals surface area contributed by atoms with Crippen LogP contribution in [0.15, 0.2) is 41.7 Å². The van der Waals surface area contributed by atoms with Gasteiger partial charge in [-0.15, -0.1) is 0 Å². The summed E-state index contributed by atoms with van der Waals surface area (Å²) in [5.74, 6) is -0.923. The minimum atomic E-state index is -0.544. The third-order valence-electron chi connectivity index (χ3n) is 11.6. The van der Waals surface area contributed by atoms with Gasteiger partial charge in [0, 0.05) is 71.3 Å². The number of aromatic nitrogens is 4. The van der Waals surface area contributed by atoms with Gasteiger partial charge in [-0.1, -0.05) is 27.7 Å². The van der Waals surface area contributed by atoms with Crippen molar-refractivity contribution < 1.29 is 29.0 Å². The number of methoxy groups -OCH3 is 1. The van der Waals surface area contributed by atoms with Gasteiger partial charge in [-0.2, -0.15) is 0 Å². The van der Waals surface area contributed by atoms with Crippen molar-refractivity contribution in [1.82, 2.24) is 29.7 Å². The lowest BCUT2D eigenvalue weighted by atomic mass is 9.89. The average Bonchev–Trinajstić information content (AvgIpc) is 4.00. The molecule has 1 aromatic carbocycles. The summed E-state index contributed by atoms with van der Waals surface area (Å²) in [6.45, 7) is 8.55. The molecule has 0 radical (unpaired) electrons. The quantitative estimate of drug-likeness (QED) is 0.123. The van der Waals surface area contributed by atoms with Crippen molar-refractivity contribution in [3.8, 4) is 11.4 Å². The van der Waals surface area contributed by atoms with Crippen molar-refractivity contribution in [3.63, 3.8) is 0 Å². The number of ether oxygens (including phenoxy) is 1. The topological polar surface area (TPSA) is 177 Å². The number of H-pyrrole nitrogens is 3. The Hall–Kier alpha value is -5.04. The van der Waals surface area contributed by atoms with Crippen molar-refractivity contribution >= 4 is 56.7 Å². The number of imidazole rings is 1. The Morgan fingerprint density at radius 1 is 0.815 bits per heavy atom. The first-order valence-electron chi connectivity index (χ1n) is 19.2. The van der Waals surface area contributed by atoms with Gasteiger partial charge in [0.05, 0.1) is 49.1 Å². The van der Waals surface area contributed by atoms with Gasteiger partial charge in [-0.25, -0.2) is 4.98 Å². The van der Waals surface area contributed by atoms with Gasteiger partial charge in [0.1, 0.15) is 12.4 Å². The molecule has 2 saturated heterocycles. The lowest BCUT2D eigenvalue weighted by Crippen LogP contribution is -2.45. The zero-order valence-electron chi connectivity index (χ0n) is 31.8. The van der Waals surface area contributed by atoms with Crippen LogP contribution >= 0.6 is 0 Å². The molecule has 4 atom stereocenters. The van der Waals surface area contributed by atoms with E-state index in [0.29, 0.717) is 19.5 Å². The van der Waals surface area contributed by atoms with Crippen molar-refractivity contribution in [2.75, 3.05) is 26.8 Å². The molecule has 0 spiro atoms. The third-order valence-corrected chi connectivity index (χ3v) is 11.6. The Morgan fingerprint density at radius 3 is 2.07 bits per heavy atom. The van der Waals surface area contributed by atoms with Gasteiger partial charge in [0.15, 0.2) is 5.78 Å². The fraction of sp³-hybridized carbons (Fsp3) is 0.512. The molecule has 4 aromatic rings. The lowest BCUT2D eigenvalue weighted by Gasteiger charge is -2.30. The molecule has 4 unspecified atom stereocenters. The van der Waals surface area contributed by atoms with Crippen LogP contribution in [0.3, 0.4) is 0 Å². The van der Waals surface area contributed by atoms with Crippen molar-refractivity contribution in [1.29, 1.82) is 0 Å². The molecular formula is C41H51N7O6. The zero-order valence-corrected chi connectivity index (χ0v) is 31.8. The Bertz CT molecular complexity index is 2090. The van der Waals surface area contributed by atoms with Crippen LogP contribution in [-0.2, 0) is 23.9 Å². The second-order valence-electron chi connectivity index (χ2n) is 15.8. The number of esters is 1. The summed E-state index contributed by atoms with van der Waals surface area (Å²) in [4.78, 5) is 75.3. The number of aliphatic imine (C=N–C) groups is 1. The zero-order chi connectivity index (χ0) is 38.3. The number of aliphatic hydroxyl groups is 1. The van der Waals surface area contributed by atoms with Crippen molar-refractivity contribution in [2.24, 2.45) is 28.7 Å². The first-order valence-corrected chi connectivity index (χ1v) is 19.2. The molecule has 2 fully saturated rings. The highest BCUT2D eigenvalue weighted by Gasteiger charge is 2.39. The van der Waals surface area contributed by atoms with Crippen LogP contribution in [0, 0.1) is 23.7 Å². The van der Waals surface area contributed by atoms with Gasteiger partial charge in [0.2, 0.25) is 11.8 Å². The number of carbonyl (C=O) groups is 4. The van der Waals surface area contributed by atoms with E-state index < -0.39 is 18.4 Å². The normalized spacial score (nSPS) is 20.0. The van der Waals surface area contributed by atoms with E-state index in [-0.39, 0.29) is 60.3 Å². The maximum atomic E-state index is 13.6. The van der Waals surface area contributed by atoms with E-state index in [1.54, 1.807) is 6.20 Å². The number of carbonyl (C=O) groups excluding carboxylic acids is 4. The number of allylic oxidation sites excluding steroid dienone is 1. The van der Waals surface area contributed by atoms with E-state index in [9.17, 15) is 24.3 Å².